The second-order valence-corrected chi connectivity index (χ2v) is 4.44. The quantitative estimate of drug-likeness (QED) is 0.451. The summed E-state index contributed by atoms with van der Waals surface area (Å²) >= 11 is 0. The summed E-state index contributed by atoms with van der Waals surface area (Å²) in [5, 5.41) is 10.7. The van der Waals surface area contributed by atoms with E-state index < -0.39 is 10.8 Å². The van der Waals surface area contributed by atoms with Gasteiger partial charge in [0.15, 0.2) is 0 Å². The third-order valence-electron chi connectivity index (χ3n) is 2.88. The van der Waals surface area contributed by atoms with Crippen LogP contribution in [0.15, 0.2) is 18.2 Å². The van der Waals surface area contributed by atoms with Gasteiger partial charge in [0.1, 0.15) is 0 Å². The van der Waals surface area contributed by atoms with Crippen molar-refractivity contribution in [1.82, 2.24) is 4.90 Å². The molecule has 2 rings (SSSR count). The molecule has 0 N–H and O–H groups in total. The van der Waals surface area contributed by atoms with E-state index in [0.29, 0.717) is 5.56 Å². The van der Waals surface area contributed by atoms with E-state index in [9.17, 15) is 19.7 Å². The normalized spacial score (nSPS) is 14.9. The van der Waals surface area contributed by atoms with Crippen LogP contribution in [0.1, 0.15) is 29.8 Å². The number of amides is 2. The number of benzene rings is 1. The van der Waals surface area contributed by atoms with Crippen LogP contribution in [-0.4, -0.2) is 27.7 Å². The Kier molecular flexibility index (Phi) is 2.86. The molecule has 1 aromatic rings. The summed E-state index contributed by atoms with van der Waals surface area (Å²) in [4.78, 5) is 35.2. The number of carbonyl (C=O) groups excluding carboxylic acids is 2. The first-order valence-corrected chi connectivity index (χ1v) is 5.55. The Labute approximate surface area is 103 Å². The summed E-state index contributed by atoms with van der Waals surface area (Å²) in [5.74, 6) is -0.726. The monoisotopic (exact) mass is 248 g/mol. The molecule has 94 valence electrons. The molecule has 0 aliphatic carbocycles. The van der Waals surface area contributed by atoms with Crippen LogP contribution in [0, 0.1) is 10.1 Å². The summed E-state index contributed by atoms with van der Waals surface area (Å²) in [7, 11) is 0. The van der Waals surface area contributed by atoms with Gasteiger partial charge < -0.3 is 0 Å². The Morgan fingerprint density at radius 1 is 1.33 bits per heavy atom. The van der Waals surface area contributed by atoms with Gasteiger partial charge in [0, 0.05) is 18.2 Å². The lowest BCUT2D eigenvalue weighted by atomic mass is 9.97. The fourth-order valence-electron chi connectivity index (χ4n) is 2.04. The molecule has 0 radical (unpaired) electrons. The van der Waals surface area contributed by atoms with Crippen LogP contribution in [0.3, 0.4) is 0 Å². The van der Waals surface area contributed by atoms with E-state index in [2.05, 4.69) is 0 Å². The van der Waals surface area contributed by atoms with Crippen molar-refractivity contribution in [2.24, 2.45) is 0 Å². The molecule has 0 spiro atoms. The summed E-state index contributed by atoms with van der Waals surface area (Å²) < 4.78 is 0. The molecular weight excluding hydrogens is 236 g/mol. The SMILES string of the molecule is CC(C)N1C(=O)Cc2ccc([N+](=O)[O-])cc2C1=O. The molecule has 6 nitrogen and oxygen atoms in total. The van der Waals surface area contributed by atoms with E-state index in [0.717, 1.165) is 4.90 Å². The minimum Gasteiger partial charge on any atom is -0.276 e. The van der Waals surface area contributed by atoms with E-state index in [1.165, 1.54) is 18.2 Å². The Bertz CT molecular complexity index is 551. The van der Waals surface area contributed by atoms with Gasteiger partial charge >= 0.3 is 0 Å². The van der Waals surface area contributed by atoms with Crippen LogP contribution in [-0.2, 0) is 11.2 Å². The highest BCUT2D eigenvalue weighted by atomic mass is 16.6. The van der Waals surface area contributed by atoms with E-state index in [4.69, 9.17) is 0 Å². The standard InChI is InChI=1S/C12H12N2O4/c1-7(2)13-11(15)5-8-3-4-9(14(17)18)6-10(8)12(13)16/h3-4,6-7H,5H2,1-2H3. The molecule has 0 saturated carbocycles. The molecule has 1 aromatic carbocycles. The largest absolute Gasteiger partial charge is 0.276 e. The van der Waals surface area contributed by atoms with E-state index in [1.807, 2.05) is 0 Å². The number of imide groups is 1. The number of nitro benzene ring substituents is 1. The first kappa shape index (κ1) is 12.2. The Morgan fingerprint density at radius 3 is 2.56 bits per heavy atom. The fraction of sp³-hybridized carbons (Fsp3) is 0.333. The van der Waals surface area contributed by atoms with Gasteiger partial charge in [0.2, 0.25) is 5.91 Å². The van der Waals surface area contributed by atoms with Gasteiger partial charge in [-0.05, 0) is 19.4 Å². The van der Waals surface area contributed by atoms with Crippen molar-refractivity contribution in [3.63, 3.8) is 0 Å². The first-order valence-electron chi connectivity index (χ1n) is 5.55. The maximum absolute atomic E-state index is 12.1. The van der Waals surface area contributed by atoms with E-state index in [1.54, 1.807) is 13.8 Å². The lowest BCUT2D eigenvalue weighted by Gasteiger charge is -2.29. The second kappa shape index (κ2) is 4.21. The average Bonchev–Trinajstić information content (AvgIpc) is 2.27. The number of fused-ring (bicyclic) bond motifs is 1. The molecule has 18 heavy (non-hydrogen) atoms. The molecule has 0 atom stereocenters. The van der Waals surface area contributed by atoms with Crippen LogP contribution < -0.4 is 0 Å². The van der Waals surface area contributed by atoms with Crippen LogP contribution in [0.25, 0.3) is 0 Å². The molecule has 1 aliphatic rings. The molecular formula is C12H12N2O4. The van der Waals surface area contributed by atoms with Crippen LogP contribution >= 0.6 is 0 Å². The number of hydrogen-bond acceptors (Lipinski definition) is 4. The highest BCUT2D eigenvalue weighted by molar-refractivity contribution is 6.10. The molecule has 0 aromatic heterocycles. The van der Waals surface area contributed by atoms with Gasteiger partial charge in [-0.15, -0.1) is 0 Å². The van der Waals surface area contributed by atoms with Crippen molar-refractivity contribution in [3.8, 4) is 0 Å². The molecule has 2 amide bonds. The lowest BCUT2D eigenvalue weighted by molar-refractivity contribution is -0.384. The Hall–Kier alpha value is -2.24. The van der Waals surface area contributed by atoms with Crippen LogP contribution in [0.2, 0.25) is 0 Å². The number of carbonyl (C=O) groups is 2. The summed E-state index contributed by atoms with van der Waals surface area (Å²) in [6, 6.07) is 3.77. The number of non-ortho nitro benzene ring substituents is 1. The maximum atomic E-state index is 12.1. The molecule has 0 saturated heterocycles. The molecule has 1 heterocycles. The highest BCUT2D eigenvalue weighted by Gasteiger charge is 2.33. The zero-order chi connectivity index (χ0) is 13.4. The topological polar surface area (TPSA) is 80.5 Å². The van der Waals surface area contributed by atoms with E-state index >= 15 is 0 Å². The minimum absolute atomic E-state index is 0.108. The third-order valence-corrected chi connectivity index (χ3v) is 2.88. The van der Waals surface area contributed by atoms with Crippen molar-refractivity contribution in [3.05, 3.63) is 39.4 Å². The zero-order valence-electron chi connectivity index (χ0n) is 10.0. The Morgan fingerprint density at radius 2 is 2.00 bits per heavy atom. The molecule has 1 aliphatic heterocycles. The van der Waals surface area contributed by atoms with Crippen molar-refractivity contribution in [2.75, 3.05) is 0 Å². The number of hydrogen-bond donors (Lipinski definition) is 0. The number of rotatable bonds is 2. The van der Waals surface area contributed by atoms with Crippen LogP contribution in [0.5, 0.6) is 0 Å². The van der Waals surface area contributed by atoms with Crippen molar-refractivity contribution in [1.29, 1.82) is 0 Å². The highest BCUT2D eigenvalue weighted by Crippen LogP contribution is 2.25. The minimum atomic E-state index is -0.552. The fourth-order valence-corrected chi connectivity index (χ4v) is 2.04. The predicted molar refractivity (Wildman–Crippen MR) is 63.1 cm³/mol. The summed E-state index contributed by atoms with van der Waals surface area (Å²) in [6.45, 7) is 3.47. The van der Waals surface area contributed by atoms with Gasteiger partial charge in [-0.25, -0.2) is 0 Å². The lowest BCUT2D eigenvalue weighted by Crippen LogP contribution is -2.46. The number of nitrogens with zero attached hydrogens (tertiary/aromatic N) is 2. The van der Waals surface area contributed by atoms with Crippen molar-refractivity contribution in [2.45, 2.75) is 26.3 Å². The predicted octanol–water partition coefficient (Wildman–Crippen LogP) is 1.53. The maximum Gasteiger partial charge on any atom is 0.270 e. The van der Waals surface area contributed by atoms with Crippen LogP contribution in [0.4, 0.5) is 5.69 Å². The first-order chi connectivity index (χ1) is 8.41. The van der Waals surface area contributed by atoms with Crippen molar-refractivity contribution < 1.29 is 14.5 Å². The second-order valence-electron chi connectivity index (χ2n) is 4.44. The van der Waals surface area contributed by atoms with Gasteiger partial charge in [-0.3, -0.25) is 24.6 Å². The third kappa shape index (κ3) is 1.85. The van der Waals surface area contributed by atoms with Gasteiger partial charge in [0.25, 0.3) is 11.6 Å². The van der Waals surface area contributed by atoms with Crippen molar-refractivity contribution >= 4 is 17.5 Å². The molecule has 0 unspecified atom stereocenters. The van der Waals surface area contributed by atoms with Gasteiger partial charge in [-0.1, -0.05) is 6.07 Å². The zero-order valence-corrected chi connectivity index (χ0v) is 10.0. The summed E-state index contributed by atoms with van der Waals surface area (Å²) in [5.41, 5.74) is 0.658. The average molecular weight is 248 g/mol. The smallest absolute Gasteiger partial charge is 0.270 e. The number of nitro groups is 1. The van der Waals surface area contributed by atoms with Gasteiger partial charge in [-0.2, -0.15) is 0 Å². The molecule has 0 bridgehead atoms. The molecule has 6 heteroatoms. The summed E-state index contributed by atoms with van der Waals surface area (Å²) in [6.07, 6.45) is 0.108. The Balaban J connectivity index is 2.51. The van der Waals surface area contributed by atoms with Gasteiger partial charge in [0.05, 0.1) is 16.9 Å². The van der Waals surface area contributed by atoms with E-state index in [-0.39, 0.29) is 29.6 Å². The molecule has 0 fully saturated rings.